The molecular formula is C18H19F2NO5S. The molecule has 1 N–H and O–H groups in total. The quantitative estimate of drug-likeness (QED) is 0.656. The average Bonchev–Trinajstić information content (AvgIpc) is 3.06. The van der Waals surface area contributed by atoms with Crippen LogP contribution in [0.2, 0.25) is 0 Å². The molecule has 0 unspecified atom stereocenters. The Kier molecular flexibility index (Phi) is 7.54. The van der Waals surface area contributed by atoms with Gasteiger partial charge >= 0.3 is 12.6 Å². The Hall–Kier alpha value is -2.68. The predicted octanol–water partition coefficient (Wildman–Crippen LogP) is 3.18. The first kappa shape index (κ1) is 20.6. The van der Waals surface area contributed by atoms with Crippen LogP contribution in [0, 0.1) is 6.92 Å². The Bertz CT molecular complexity index is 794. The molecule has 0 saturated carbocycles. The summed E-state index contributed by atoms with van der Waals surface area (Å²) in [6.45, 7) is -1.24. The lowest BCUT2D eigenvalue weighted by Gasteiger charge is -2.11. The molecule has 2 aromatic rings. The monoisotopic (exact) mass is 399 g/mol. The van der Waals surface area contributed by atoms with Gasteiger partial charge in [-0.1, -0.05) is 6.07 Å². The number of thiophene rings is 1. The molecular weight excluding hydrogens is 380 g/mol. The van der Waals surface area contributed by atoms with Crippen molar-refractivity contribution in [3.05, 3.63) is 45.6 Å². The first-order chi connectivity index (χ1) is 12.9. The van der Waals surface area contributed by atoms with E-state index in [1.165, 1.54) is 24.5 Å². The lowest BCUT2D eigenvalue weighted by Crippen LogP contribution is -2.30. The van der Waals surface area contributed by atoms with Gasteiger partial charge in [0.2, 0.25) is 0 Å². The number of nitrogens with one attached hydrogen (secondary N) is 1. The number of alkyl halides is 2. The maximum Gasteiger partial charge on any atom is 0.387 e. The summed E-state index contributed by atoms with van der Waals surface area (Å²) in [5, 5.41) is 4.40. The normalized spacial score (nSPS) is 10.6. The number of carbonyl (C=O) groups excluding carboxylic acids is 2. The van der Waals surface area contributed by atoms with E-state index in [4.69, 9.17) is 9.47 Å². The smallest absolute Gasteiger partial charge is 0.387 e. The topological polar surface area (TPSA) is 73.9 Å². The fourth-order valence-electron chi connectivity index (χ4n) is 2.24. The first-order valence-corrected chi connectivity index (χ1v) is 8.88. The maximum atomic E-state index is 12.3. The van der Waals surface area contributed by atoms with E-state index in [1.807, 2.05) is 0 Å². The van der Waals surface area contributed by atoms with E-state index >= 15 is 0 Å². The van der Waals surface area contributed by atoms with E-state index in [1.54, 1.807) is 30.5 Å². The van der Waals surface area contributed by atoms with Crippen LogP contribution in [0.5, 0.6) is 11.5 Å². The van der Waals surface area contributed by atoms with Gasteiger partial charge in [-0.15, -0.1) is 11.3 Å². The van der Waals surface area contributed by atoms with E-state index in [-0.39, 0.29) is 24.7 Å². The van der Waals surface area contributed by atoms with Gasteiger partial charge in [0.15, 0.2) is 18.1 Å². The third-order valence-electron chi connectivity index (χ3n) is 3.56. The highest BCUT2D eigenvalue weighted by Crippen LogP contribution is 2.29. The lowest BCUT2D eigenvalue weighted by atomic mass is 10.1. The van der Waals surface area contributed by atoms with Crippen molar-refractivity contribution in [2.45, 2.75) is 20.0 Å². The summed E-state index contributed by atoms with van der Waals surface area (Å²) < 4.78 is 39.0. The molecule has 0 aliphatic rings. The SMILES string of the molecule is COc1cc(CCNC(=O)COC(=O)c2sccc2C)ccc1OC(F)F. The number of aryl methyl sites for hydroxylation is 1. The Morgan fingerprint density at radius 3 is 2.63 bits per heavy atom. The second-order valence-electron chi connectivity index (χ2n) is 5.47. The van der Waals surface area contributed by atoms with Gasteiger partial charge in [-0.05, 0) is 48.1 Å². The van der Waals surface area contributed by atoms with E-state index in [2.05, 4.69) is 10.1 Å². The molecule has 2 rings (SSSR count). The van der Waals surface area contributed by atoms with Crippen molar-refractivity contribution in [2.24, 2.45) is 0 Å². The number of carbonyl (C=O) groups is 2. The van der Waals surface area contributed by atoms with Crippen LogP contribution >= 0.6 is 11.3 Å². The molecule has 0 aliphatic carbocycles. The molecule has 27 heavy (non-hydrogen) atoms. The van der Waals surface area contributed by atoms with E-state index in [0.29, 0.717) is 11.3 Å². The summed E-state index contributed by atoms with van der Waals surface area (Å²) >= 11 is 1.26. The van der Waals surface area contributed by atoms with Gasteiger partial charge in [-0.3, -0.25) is 4.79 Å². The van der Waals surface area contributed by atoms with Crippen LogP contribution in [-0.2, 0) is 16.0 Å². The molecule has 1 aromatic heterocycles. The number of rotatable bonds is 9. The Labute approximate surface area is 159 Å². The molecule has 6 nitrogen and oxygen atoms in total. The number of esters is 1. The van der Waals surface area contributed by atoms with Gasteiger partial charge in [0.1, 0.15) is 4.88 Å². The summed E-state index contributed by atoms with van der Waals surface area (Å²) in [4.78, 5) is 24.1. The molecule has 0 atom stereocenters. The highest BCUT2D eigenvalue weighted by Gasteiger charge is 2.14. The fourth-order valence-corrected chi connectivity index (χ4v) is 3.05. The number of amides is 1. The Morgan fingerprint density at radius 1 is 1.22 bits per heavy atom. The zero-order valence-corrected chi connectivity index (χ0v) is 15.6. The van der Waals surface area contributed by atoms with Crippen LogP contribution in [0.25, 0.3) is 0 Å². The molecule has 0 bridgehead atoms. The Morgan fingerprint density at radius 2 is 2.00 bits per heavy atom. The van der Waals surface area contributed by atoms with Crippen molar-refractivity contribution in [3.63, 3.8) is 0 Å². The maximum absolute atomic E-state index is 12.3. The molecule has 1 heterocycles. The summed E-state index contributed by atoms with van der Waals surface area (Å²) in [6.07, 6.45) is 0.440. The van der Waals surface area contributed by atoms with Gasteiger partial charge in [-0.2, -0.15) is 8.78 Å². The lowest BCUT2D eigenvalue weighted by molar-refractivity contribution is -0.124. The minimum atomic E-state index is -2.94. The largest absolute Gasteiger partial charge is 0.493 e. The molecule has 9 heteroatoms. The molecule has 0 aliphatic heterocycles. The van der Waals surface area contributed by atoms with E-state index in [0.717, 1.165) is 11.1 Å². The molecule has 0 spiro atoms. The minimum absolute atomic E-state index is 0.0592. The van der Waals surface area contributed by atoms with Crippen LogP contribution < -0.4 is 14.8 Å². The molecule has 0 saturated heterocycles. The number of hydrogen-bond acceptors (Lipinski definition) is 6. The van der Waals surface area contributed by atoms with Crippen LogP contribution in [0.15, 0.2) is 29.6 Å². The minimum Gasteiger partial charge on any atom is -0.493 e. The highest BCUT2D eigenvalue weighted by atomic mass is 32.1. The Balaban J connectivity index is 1.77. The zero-order chi connectivity index (χ0) is 19.8. The van der Waals surface area contributed by atoms with Crippen LogP contribution in [0.1, 0.15) is 20.8 Å². The third-order valence-corrected chi connectivity index (χ3v) is 4.56. The van der Waals surface area contributed by atoms with Crippen molar-refractivity contribution >= 4 is 23.2 Å². The van der Waals surface area contributed by atoms with Gasteiger partial charge < -0.3 is 19.5 Å². The first-order valence-electron chi connectivity index (χ1n) is 8.00. The van der Waals surface area contributed by atoms with Crippen molar-refractivity contribution < 1.29 is 32.6 Å². The van der Waals surface area contributed by atoms with Crippen molar-refractivity contribution in [2.75, 3.05) is 20.3 Å². The predicted molar refractivity (Wildman–Crippen MR) is 95.7 cm³/mol. The molecule has 1 aromatic carbocycles. The molecule has 0 fully saturated rings. The summed E-state index contributed by atoms with van der Waals surface area (Å²) in [5.74, 6) is -0.838. The second-order valence-corrected chi connectivity index (χ2v) is 6.39. The molecule has 1 amide bonds. The van der Waals surface area contributed by atoms with Gasteiger partial charge in [0.25, 0.3) is 5.91 Å². The summed E-state index contributed by atoms with van der Waals surface area (Å²) in [6, 6.07) is 6.34. The number of methoxy groups -OCH3 is 1. The van der Waals surface area contributed by atoms with Crippen LogP contribution in [-0.4, -0.2) is 38.7 Å². The van der Waals surface area contributed by atoms with Gasteiger partial charge in [0.05, 0.1) is 7.11 Å². The highest BCUT2D eigenvalue weighted by molar-refractivity contribution is 7.12. The molecule has 146 valence electrons. The summed E-state index contributed by atoms with van der Waals surface area (Å²) in [7, 11) is 1.35. The third kappa shape index (κ3) is 6.21. The van der Waals surface area contributed by atoms with Gasteiger partial charge in [0, 0.05) is 6.54 Å². The fraction of sp³-hybridized carbons (Fsp3) is 0.333. The summed E-state index contributed by atoms with van der Waals surface area (Å²) in [5.41, 5.74) is 1.57. The standard InChI is InChI=1S/C18H19F2NO5S/c1-11-6-8-27-16(11)17(23)25-10-15(22)21-7-5-12-3-4-13(26-18(19)20)14(9-12)24-2/h3-4,6,8-9,18H,5,7,10H2,1-2H3,(H,21,22). The second kappa shape index (κ2) is 9.86. The van der Waals surface area contributed by atoms with Crippen molar-refractivity contribution in [1.82, 2.24) is 5.32 Å². The number of hydrogen-bond donors (Lipinski definition) is 1. The van der Waals surface area contributed by atoms with E-state index < -0.39 is 18.5 Å². The molecule has 0 radical (unpaired) electrons. The van der Waals surface area contributed by atoms with Crippen LogP contribution in [0.3, 0.4) is 0 Å². The van der Waals surface area contributed by atoms with E-state index in [9.17, 15) is 18.4 Å². The zero-order valence-electron chi connectivity index (χ0n) is 14.8. The average molecular weight is 399 g/mol. The van der Waals surface area contributed by atoms with Crippen LogP contribution in [0.4, 0.5) is 8.78 Å². The van der Waals surface area contributed by atoms with Gasteiger partial charge in [-0.25, -0.2) is 4.79 Å². The number of benzene rings is 1. The van der Waals surface area contributed by atoms with Crippen molar-refractivity contribution in [1.29, 1.82) is 0 Å². The van der Waals surface area contributed by atoms with Crippen molar-refractivity contribution in [3.8, 4) is 11.5 Å². The number of halogens is 2. The number of ether oxygens (including phenoxy) is 3.